The van der Waals surface area contributed by atoms with E-state index in [0.717, 1.165) is 25.9 Å². The molecule has 1 aliphatic heterocycles. The van der Waals surface area contributed by atoms with Crippen LogP contribution in [0.1, 0.15) is 19.8 Å². The van der Waals surface area contributed by atoms with Gasteiger partial charge in [-0.2, -0.15) is 0 Å². The monoisotopic (exact) mass is 389 g/mol. The van der Waals surface area contributed by atoms with Crippen LogP contribution in [0.25, 0.3) is 0 Å². The molecule has 0 aliphatic carbocycles. The van der Waals surface area contributed by atoms with Gasteiger partial charge in [-0.05, 0) is 57.1 Å². The minimum atomic E-state index is -0.345. The van der Waals surface area contributed by atoms with Crippen LogP contribution in [0, 0.1) is 5.82 Å². The normalized spacial score (nSPS) is 15.8. The molecule has 2 rings (SSSR count). The molecule has 1 fully saturated rings. The van der Waals surface area contributed by atoms with Gasteiger partial charge in [-0.1, -0.05) is 0 Å². The minimum absolute atomic E-state index is 0. The molecule has 1 aliphatic rings. The Labute approximate surface area is 158 Å². The summed E-state index contributed by atoms with van der Waals surface area (Å²) < 4.78 is 12.8. The molecule has 0 spiro atoms. The maximum Gasteiger partial charge on any atom is 0.235 e. The van der Waals surface area contributed by atoms with Crippen molar-refractivity contribution >= 4 is 41.7 Å². The summed E-state index contributed by atoms with van der Waals surface area (Å²) in [5.74, 6) is -0.301. The molecule has 1 heterocycles. The van der Waals surface area contributed by atoms with Crippen molar-refractivity contribution in [3.63, 3.8) is 0 Å². The smallest absolute Gasteiger partial charge is 0.235 e. The molecule has 0 radical (unpaired) electrons. The molecule has 2 amide bonds. The van der Waals surface area contributed by atoms with Crippen LogP contribution >= 0.6 is 24.2 Å². The van der Waals surface area contributed by atoms with Gasteiger partial charge in [0.15, 0.2) is 0 Å². The first-order chi connectivity index (χ1) is 11.5. The van der Waals surface area contributed by atoms with Crippen LogP contribution in [0.2, 0.25) is 0 Å². The fourth-order valence-electron chi connectivity index (χ4n) is 2.66. The Morgan fingerprint density at radius 1 is 1.32 bits per heavy atom. The van der Waals surface area contributed by atoms with Crippen molar-refractivity contribution in [3.8, 4) is 0 Å². The van der Waals surface area contributed by atoms with E-state index in [1.807, 2.05) is 18.9 Å². The summed E-state index contributed by atoms with van der Waals surface area (Å²) in [6.07, 6.45) is 1.93. The van der Waals surface area contributed by atoms with Crippen molar-refractivity contribution in [2.45, 2.75) is 31.1 Å². The molecule has 5 nitrogen and oxygen atoms in total. The topological polar surface area (TPSA) is 61.4 Å². The number of piperidine rings is 1. The molecular weight excluding hydrogens is 365 g/mol. The van der Waals surface area contributed by atoms with E-state index in [-0.39, 0.29) is 47.1 Å². The number of rotatable bonds is 6. The number of nitrogens with one attached hydrogen (secondary N) is 2. The lowest BCUT2D eigenvalue weighted by Crippen LogP contribution is -2.46. The third kappa shape index (κ3) is 6.84. The number of carbonyl (C=O) groups excluding carboxylic acids is 2. The fraction of sp³-hybridized carbons (Fsp3) is 0.529. The largest absolute Gasteiger partial charge is 0.342 e. The molecule has 1 aromatic rings. The number of benzene rings is 1. The van der Waals surface area contributed by atoms with E-state index in [4.69, 9.17) is 0 Å². The number of halogens is 2. The van der Waals surface area contributed by atoms with Crippen LogP contribution in [0.15, 0.2) is 24.3 Å². The lowest BCUT2D eigenvalue weighted by Gasteiger charge is -2.33. The second-order valence-corrected chi connectivity index (χ2v) is 7.27. The number of hydrogen-bond donors (Lipinski definition) is 2. The Morgan fingerprint density at radius 3 is 2.52 bits per heavy atom. The van der Waals surface area contributed by atoms with E-state index >= 15 is 0 Å². The first-order valence-electron chi connectivity index (χ1n) is 8.12. The second-order valence-electron chi connectivity index (χ2n) is 5.94. The fourth-order valence-corrected chi connectivity index (χ4v) is 3.45. The van der Waals surface area contributed by atoms with Crippen molar-refractivity contribution < 1.29 is 14.0 Å². The standard InChI is InChI=1S/C17H24FN3O2S.ClH/c1-12(17(23)21(2)15-7-9-19-10-8-15)24-11-16(22)20-14-5-3-13(18)4-6-14;/h3-6,12,15,19H,7-11H2,1-2H3,(H,20,22);1H. The first-order valence-corrected chi connectivity index (χ1v) is 9.16. The summed E-state index contributed by atoms with van der Waals surface area (Å²) in [5.41, 5.74) is 0.549. The highest BCUT2D eigenvalue weighted by Crippen LogP contribution is 2.18. The Hall–Kier alpha value is -1.31. The van der Waals surface area contributed by atoms with Crippen molar-refractivity contribution in [2.75, 3.05) is 31.2 Å². The summed E-state index contributed by atoms with van der Waals surface area (Å²) in [5, 5.41) is 5.71. The number of nitrogens with zero attached hydrogens (tertiary/aromatic N) is 1. The highest BCUT2D eigenvalue weighted by atomic mass is 35.5. The third-order valence-electron chi connectivity index (χ3n) is 4.14. The van der Waals surface area contributed by atoms with Crippen LogP contribution < -0.4 is 10.6 Å². The van der Waals surface area contributed by atoms with Gasteiger partial charge in [0.2, 0.25) is 11.8 Å². The SMILES string of the molecule is CC(SCC(=O)Nc1ccc(F)cc1)C(=O)N(C)C1CCNCC1.Cl. The van der Waals surface area contributed by atoms with E-state index in [2.05, 4.69) is 10.6 Å². The Bertz CT molecular complexity index is 568. The molecule has 2 N–H and O–H groups in total. The molecule has 1 saturated heterocycles. The molecular formula is C17H25ClFN3O2S. The van der Waals surface area contributed by atoms with Gasteiger partial charge in [0.05, 0.1) is 11.0 Å². The van der Waals surface area contributed by atoms with E-state index in [1.165, 1.54) is 36.0 Å². The van der Waals surface area contributed by atoms with Crippen LogP contribution in [0.5, 0.6) is 0 Å². The third-order valence-corrected chi connectivity index (χ3v) is 5.27. The molecule has 1 aromatic carbocycles. The highest BCUT2D eigenvalue weighted by Gasteiger charge is 2.26. The maximum atomic E-state index is 12.8. The average molecular weight is 390 g/mol. The summed E-state index contributed by atoms with van der Waals surface area (Å²) in [4.78, 5) is 26.2. The summed E-state index contributed by atoms with van der Waals surface area (Å²) >= 11 is 1.31. The number of thioether (sulfide) groups is 1. The van der Waals surface area contributed by atoms with Gasteiger partial charge in [-0.15, -0.1) is 24.2 Å². The molecule has 0 aromatic heterocycles. The molecule has 0 bridgehead atoms. The number of anilines is 1. The summed E-state index contributed by atoms with van der Waals surface area (Å²) in [6.45, 7) is 3.70. The van der Waals surface area contributed by atoms with Crippen LogP contribution in [-0.4, -0.2) is 53.9 Å². The second kappa shape index (κ2) is 10.6. The Balaban J connectivity index is 0.00000312. The van der Waals surface area contributed by atoms with E-state index in [1.54, 1.807) is 0 Å². The quantitative estimate of drug-likeness (QED) is 0.784. The number of amides is 2. The van der Waals surface area contributed by atoms with E-state index in [0.29, 0.717) is 5.69 Å². The van der Waals surface area contributed by atoms with Crippen molar-refractivity contribution in [2.24, 2.45) is 0 Å². The van der Waals surface area contributed by atoms with Crippen LogP contribution in [0.3, 0.4) is 0 Å². The Morgan fingerprint density at radius 2 is 1.92 bits per heavy atom. The zero-order valence-electron chi connectivity index (χ0n) is 14.5. The number of carbonyl (C=O) groups is 2. The maximum absolute atomic E-state index is 12.8. The van der Waals surface area contributed by atoms with Crippen molar-refractivity contribution in [1.29, 1.82) is 0 Å². The first kappa shape index (κ1) is 21.7. The van der Waals surface area contributed by atoms with Gasteiger partial charge in [-0.3, -0.25) is 9.59 Å². The summed E-state index contributed by atoms with van der Waals surface area (Å²) in [7, 11) is 1.84. The lowest BCUT2D eigenvalue weighted by atomic mass is 10.1. The summed E-state index contributed by atoms with van der Waals surface area (Å²) in [6, 6.07) is 5.88. The Kier molecular flexibility index (Phi) is 9.24. The highest BCUT2D eigenvalue weighted by molar-refractivity contribution is 8.01. The molecule has 0 saturated carbocycles. The molecule has 1 atom stereocenters. The van der Waals surface area contributed by atoms with Gasteiger partial charge >= 0.3 is 0 Å². The zero-order chi connectivity index (χ0) is 17.5. The predicted molar refractivity (Wildman–Crippen MR) is 103 cm³/mol. The lowest BCUT2D eigenvalue weighted by molar-refractivity contribution is -0.131. The zero-order valence-corrected chi connectivity index (χ0v) is 16.1. The molecule has 1 unspecified atom stereocenters. The van der Waals surface area contributed by atoms with Crippen molar-refractivity contribution in [1.82, 2.24) is 10.2 Å². The minimum Gasteiger partial charge on any atom is -0.342 e. The van der Waals surface area contributed by atoms with Gasteiger partial charge in [0.1, 0.15) is 5.82 Å². The molecule has 25 heavy (non-hydrogen) atoms. The molecule has 8 heteroatoms. The van der Waals surface area contributed by atoms with Gasteiger partial charge in [-0.25, -0.2) is 4.39 Å². The van der Waals surface area contributed by atoms with Crippen LogP contribution in [-0.2, 0) is 9.59 Å². The van der Waals surface area contributed by atoms with Crippen molar-refractivity contribution in [3.05, 3.63) is 30.1 Å². The van der Waals surface area contributed by atoms with Gasteiger partial charge in [0, 0.05) is 18.8 Å². The van der Waals surface area contributed by atoms with Gasteiger partial charge in [0.25, 0.3) is 0 Å². The van der Waals surface area contributed by atoms with Gasteiger partial charge < -0.3 is 15.5 Å². The average Bonchev–Trinajstić information content (AvgIpc) is 2.61. The predicted octanol–water partition coefficient (Wildman–Crippen LogP) is 2.52. The van der Waals surface area contributed by atoms with E-state index in [9.17, 15) is 14.0 Å². The molecule has 140 valence electrons. The van der Waals surface area contributed by atoms with E-state index < -0.39 is 0 Å². The number of hydrogen-bond acceptors (Lipinski definition) is 4. The van der Waals surface area contributed by atoms with Crippen LogP contribution in [0.4, 0.5) is 10.1 Å².